The quantitative estimate of drug-likeness (QED) is 0.804. The van der Waals surface area contributed by atoms with Crippen LogP contribution in [0.2, 0.25) is 0 Å². The largest absolute Gasteiger partial charge is 0.508 e. The van der Waals surface area contributed by atoms with Gasteiger partial charge >= 0.3 is 0 Å². The van der Waals surface area contributed by atoms with Gasteiger partial charge < -0.3 is 14.9 Å². The SMILES string of the molecule is CC1=CC[C@]2(CO)CO[C@H](c3ccc(O)cc3)[C@@H]1C2. The van der Waals surface area contributed by atoms with Crippen molar-refractivity contribution in [2.75, 3.05) is 13.2 Å². The number of aliphatic hydroxyl groups excluding tert-OH is 1. The van der Waals surface area contributed by atoms with E-state index in [-0.39, 0.29) is 23.9 Å². The monoisotopic (exact) mass is 260 g/mol. The topological polar surface area (TPSA) is 49.7 Å². The van der Waals surface area contributed by atoms with E-state index in [1.54, 1.807) is 12.1 Å². The summed E-state index contributed by atoms with van der Waals surface area (Å²) in [6.45, 7) is 2.94. The third-order valence-corrected chi connectivity index (χ3v) is 4.59. The number of rotatable bonds is 2. The Hall–Kier alpha value is -1.32. The van der Waals surface area contributed by atoms with Crippen LogP contribution in [0.1, 0.15) is 31.4 Å². The molecule has 1 heterocycles. The van der Waals surface area contributed by atoms with E-state index in [0.717, 1.165) is 18.4 Å². The highest BCUT2D eigenvalue weighted by atomic mass is 16.5. The van der Waals surface area contributed by atoms with Gasteiger partial charge in [0.1, 0.15) is 5.75 Å². The summed E-state index contributed by atoms with van der Waals surface area (Å²) in [6, 6.07) is 7.25. The molecule has 19 heavy (non-hydrogen) atoms. The molecule has 3 nitrogen and oxygen atoms in total. The molecule has 1 saturated heterocycles. The molecule has 0 unspecified atom stereocenters. The zero-order valence-electron chi connectivity index (χ0n) is 11.2. The number of hydrogen-bond acceptors (Lipinski definition) is 3. The van der Waals surface area contributed by atoms with Crippen LogP contribution in [-0.2, 0) is 4.74 Å². The molecule has 1 aliphatic heterocycles. The van der Waals surface area contributed by atoms with Gasteiger partial charge in [-0.25, -0.2) is 0 Å². The van der Waals surface area contributed by atoms with Crippen LogP contribution in [0.25, 0.3) is 0 Å². The third kappa shape index (κ3) is 2.17. The molecule has 1 aliphatic carbocycles. The molecule has 3 atom stereocenters. The number of ether oxygens (including phenoxy) is 1. The molecule has 2 aliphatic rings. The lowest BCUT2D eigenvalue weighted by Crippen LogP contribution is -2.43. The van der Waals surface area contributed by atoms with Crippen molar-refractivity contribution in [2.45, 2.75) is 25.9 Å². The maximum absolute atomic E-state index is 9.63. The van der Waals surface area contributed by atoms with Crippen molar-refractivity contribution in [2.24, 2.45) is 11.3 Å². The number of phenolic OH excluding ortho intramolecular Hbond substituents is 1. The van der Waals surface area contributed by atoms with Crippen LogP contribution < -0.4 is 0 Å². The number of benzene rings is 1. The van der Waals surface area contributed by atoms with Crippen molar-refractivity contribution in [3.8, 4) is 5.75 Å². The molecular weight excluding hydrogens is 240 g/mol. The smallest absolute Gasteiger partial charge is 0.115 e. The molecule has 0 aromatic heterocycles. The summed E-state index contributed by atoms with van der Waals surface area (Å²) in [5.41, 5.74) is 2.36. The first-order valence-electron chi connectivity index (χ1n) is 6.82. The Kier molecular flexibility index (Phi) is 3.11. The van der Waals surface area contributed by atoms with Crippen LogP contribution in [0.5, 0.6) is 5.75 Å². The maximum atomic E-state index is 9.63. The first kappa shape index (κ1) is 12.7. The van der Waals surface area contributed by atoms with Crippen molar-refractivity contribution >= 4 is 0 Å². The van der Waals surface area contributed by atoms with E-state index in [9.17, 15) is 10.2 Å². The van der Waals surface area contributed by atoms with Crippen LogP contribution in [0.4, 0.5) is 0 Å². The van der Waals surface area contributed by atoms with Crippen LogP contribution in [0.3, 0.4) is 0 Å². The molecule has 0 amide bonds. The molecule has 3 rings (SSSR count). The number of aliphatic hydroxyl groups is 1. The summed E-state index contributed by atoms with van der Waals surface area (Å²) in [6.07, 6.45) is 4.18. The van der Waals surface area contributed by atoms with Crippen molar-refractivity contribution in [1.29, 1.82) is 0 Å². The molecule has 1 fully saturated rings. The fourth-order valence-corrected chi connectivity index (χ4v) is 3.25. The number of hydrogen-bond donors (Lipinski definition) is 2. The van der Waals surface area contributed by atoms with Gasteiger partial charge in [0.05, 0.1) is 19.3 Å². The Balaban J connectivity index is 1.91. The van der Waals surface area contributed by atoms with E-state index in [2.05, 4.69) is 13.0 Å². The average molecular weight is 260 g/mol. The Morgan fingerprint density at radius 1 is 1.32 bits per heavy atom. The Morgan fingerprint density at radius 2 is 2.05 bits per heavy atom. The van der Waals surface area contributed by atoms with Crippen molar-refractivity contribution in [3.05, 3.63) is 41.5 Å². The fraction of sp³-hybridized carbons (Fsp3) is 0.500. The summed E-state index contributed by atoms with van der Waals surface area (Å²) >= 11 is 0. The lowest BCUT2D eigenvalue weighted by atomic mass is 9.67. The summed E-state index contributed by atoms with van der Waals surface area (Å²) in [7, 11) is 0. The number of aromatic hydroxyl groups is 1. The van der Waals surface area contributed by atoms with E-state index in [0.29, 0.717) is 12.5 Å². The van der Waals surface area contributed by atoms with Gasteiger partial charge in [0, 0.05) is 11.3 Å². The molecule has 102 valence electrons. The van der Waals surface area contributed by atoms with Gasteiger partial charge in [-0.1, -0.05) is 23.8 Å². The van der Waals surface area contributed by atoms with E-state index in [1.807, 2.05) is 12.1 Å². The predicted molar refractivity (Wildman–Crippen MR) is 72.8 cm³/mol. The third-order valence-electron chi connectivity index (χ3n) is 4.59. The minimum Gasteiger partial charge on any atom is -0.508 e. The standard InChI is InChI=1S/C16H20O3/c1-11-6-7-16(9-17)8-14(11)15(19-10-16)12-2-4-13(18)5-3-12/h2-6,14-15,17-18H,7-10H2,1H3/t14-,15-,16+/m1/s1. The lowest BCUT2D eigenvalue weighted by molar-refractivity contribution is -0.113. The first-order valence-corrected chi connectivity index (χ1v) is 6.82. The zero-order valence-corrected chi connectivity index (χ0v) is 11.2. The minimum atomic E-state index is -0.0857. The first-order chi connectivity index (χ1) is 9.13. The molecule has 0 saturated carbocycles. The van der Waals surface area contributed by atoms with Gasteiger partial charge in [0.25, 0.3) is 0 Å². The summed E-state index contributed by atoms with van der Waals surface area (Å²) in [5.74, 6) is 0.611. The molecule has 2 N–H and O–H groups in total. The molecule has 3 heteroatoms. The van der Waals surface area contributed by atoms with Crippen LogP contribution in [0, 0.1) is 11.3 Å². The van der Waals surface area contributed by atoms with Crippen molar-refractivity contribution in [3.63, 3.8) is 0 Å². The van der Waals surface area contributed by atoms with E-state index >= 15 is 0 Å². The molecule has 1 aromatic rings. The molecule has 0 spiro atoms. The van der Waals surface area contributed by atoms with Crippen LogP contribution in [-0.4, -0.2) is 23.4 Å². The normalized spacial score (nSPS) is 33.9. The Morgan fingerprint density at radius 3 is 2.74 bits per heavy atom. The highest BCUT2D eigenvalue weighted by Crippen LogP contribution is 2.50. The maximum Gasteiger partial charge on any atom is 0.115 e. The number of fused-ring (bicyclic) bond motifs is 2. The van der Waals surface area contributed by atoms with Gasteiger partial charge in [-0.3, -0.25) is 0 Å². The van der Waals surface area contributed by atoms with E-state index < -0.39 is 0 Å². The second-order valence-electron chi connectivity index (χ2n) is 5.94. The van der Waals surface area contributed by atoms with Gasteiger partial charge in [0.15, 0.2) is 0 Å². The lowest BCUT2D eigenvalue weighted by Gasteiger charge is -2.47. The highest BCUT2D eigenvalue weighted by Gasteiger charge is 2.44. The molecule has 0 radical (unpaired) electrons. The van der Waals surface area contributed by atoms with Crippen LogP contribution >= 0.6 is 0 Å². The number of phenols is 1. The van der Waals surface area contributed by atoms with E-state index in [4.69, 9.17) is 4.74 Å². The molecule has 1 aromatic carbocycles. The molecule has 2 bridgehead atoms. The number of allylic oxidation sites excluding steroid dienone is 1. The van der Waals surface area contributed by atoms with Crippen molar-refractivity contribution in [1.82, 2.24) is 0 Å². The van der Waals surface area contributed by atoms with Gasteiger partial charge in [-0.2, -0.15) is 0 Å². The van der Waals surface area contributed by atoms with Crippen LogP contribution in [0.15, 0.2) is 35.9 Å². The average Bonchev–Trinajstić information content (AvgIpc) is 2.45. The fourth-order valence-electron chi connectivity index (χ4n) is 3.25. The predicted octanol–water partition coefficient (Wildman–Crippen LogP) is 2.80. The van der Waals surface area contributed by atoms with Gasteiger partial charge in [-0.15, -0.1) is 0 Å². The van der Waals surface area contributed by atoms with Crippen molar-refractivity contribution < 1.29 is 14.9 Å². The Bertz CT molecular complexity index is 491. The Labute approximate surface area is 113 Å². The summed E-state index contributed by atoms with van der Waals surface area (Å²) < 4.78 is 6.05. The minimum absolute atomic E-state index is 0.0387. The van der Waals surface area contributed by atoms with E-state index in [1.165, 1.54) is 5.57 Å². The molecular formula is C16H20O3. The summed E-state index contributed by atoms with van der Waals surface area (Å²) in [5, 5.41) is 19.0. The summed E-state index contributed by atoms with van der Waals surface area (Å²) in [4.78, 5) is 0. The van der Waals surface area contributed by atoms with Gasteiger partial charge in [0.2, 0.25) is 0 Å². The van der Waals surface area contributed by atoms with Gasteiger partial charge in [-0.05, 0) is 37.5 Å². The zero-order chi connectivity index (χ0) is 13.5. The highest BCUT2D eigenvalue weighted by molar-refractivity contribution is 5.30. The second kappa shape index (κ2) is 4.66. The second-order valence-corrected chi connectivity index (χ2v) is 5.94.